The second-order valence-electron chi connectivity index (χ2n) is 2.15. The van der Waals surface area contributed by atoms with Crippen LogP contribution < -0.4 is 0 Å². The molecule has 0 unspecified atom stereocenters. The predicted octanol–water partition coefficient (Wildman–Crippen LogP) is 2.79. The van der Waals surface area contributed by atoms with Gasteiger partial charge in [0.2, 0.25) is 0 Å². The second kappa shape index (κ2) is 7.51. The fraction of sp³-hybridized carbons (Fsp3) is 0.200. The molecule has 0 bridgehead atoms. The highest BCUT2D eigenvalue weighted by Crippen LogP contribution is 2.01. The van der Waals surface area contributed by atoms with Gasteiger partial charge in [0, 0.05) is 12.5 Å². The first-order valence-electron chi connectivity index (χ1n) is 3.71. The van der Waals surface area contributed by atoms with Crippen LogP contribution in [0.3, 0.4) is 0 Å². The van der Waals surface area contributed by atoms with E-state index in [1.165, 1.54) is 6.92 Å². The number of hydrogen-bond donors (Lipinski definition) is 0. The number of benzene rings is 1. The summed E-state index contributed by atoms with van der Waals surface area (Å²) >= 11 is 3.10. The van der Waals surface area contributed by atoms with Gasteiger partial charge in [0.1, 0.15) is 0 Å². The van der Waals surface area contributed by atoms with E-state index in [0.29, 0.717) is 5.33 Å². The van der Waals surface area contributed by atoms with Gasteiger partial charge < -0.3 is 0 Å². The first-order chi connectivity index (χ1) is 6.26. The smallest absolute Gasteiger partial charge is 0.173 e. The van der Waals surface area contributed by atoms with Crippen molar-refractivity contribution in [1.29, 1.82) is 5.26 Å². The molecule has 0 heterocycles. The fourth-order valence-corrected chi connectivity index (χ4v) is 1.02. The number of halogens is 1. The molecular weight excluding hydrogens is 230 g/mol. The molecule has 1 rings (SSSR count). The van der Waals surface area contributed by atoms with Crippen LogP contribution in [0.5, 0.6) is 0 Å². The lowest BCUT2D eigenvalue weighted by Crippen LogP contribution is -1.98. The Kier molecular flexibility index (Phi) is 6.85. The molecule has 3 heteroatoms. The maximum atomic E-state index is 11.0. The number of Topliss-reactive ketones (excluding diaryl/α,β-unsaturated/α-hetero) is 1. The summed E-state index contributed by atoms with van der Waals surface area (Å²) < 4.78 is 0. The van der Waals surface area contributed by atoms with E-state index in [1.807, 2.05) is 30.3 Å². The molecule has 0 radical (unpaired) electrons. The SMILES string of the molecule is CC#N.O=C(CBr)c1ccccc1. The zero-order chi connectivity index (χ0) is 10.1. The van der Waals surface area contributed by atoms with Gasteiger partial charge in [-0.1, -0.05) is 46.3 Å². The van der Waals surface area contributed by atoms with Crippen molar-refractivity contribution in [3.63, 3.8) is 0 Å². The molecule has 2 nitrogen and oxygen atoms in total. The number of nitrogens with zero attached hydrogens (tertiary/aromatic N) is 1. The first-order valence-corrected chi connectivity index (χ1v) is 4.83. The Morgan fingerprint density at radius 1 is 1.46 bits per heavy atom. The van der Waals surface area contributed by atoms with E-state index in [9.17, 15) is 4.79 Å². The molecule has 13 heavy (non-hydrogen) atoms. The highest BCUT2D eigenvalue weighted by atomic mass is 79.9. The summed E-state index contributed by atoms with van der Waals surface area (Å²) in [5, 5.41) is 7.72. The molecule has 0 saturated carbocycles. The standard InChI is InChI=1S/C8H7BrO.C2H3N/c9-6-8(10)7-4-2-1-3-5-7;1-2-3/h1-5H,6H2;1H3. The van der Waals surface area contributed by atoms with Crippen LogP contribution in [-0.4, -0.2) is 11.1 Å². The quantitative estimate of drug-likeness (QED) is 0.589. The molecule has 1 aromatic carbocycles. The average Bonchev–Trinajstić information content (AvgIpc) is 2.19. The molecule has 0 fully saturated rings. The number of rotatable bonds is 2. The van der Waals surface area contributed by atoms with E-state index in [4.69, 9.17) is 5.26 Å². The minimum atomic E-state index is 0.126. The van der Waals surface area contributed by atoms with Gasteiger partial charge in [0.25, 0.3) is 0 Å². The molecular formula is C10H10BrNO. The van der Waals surface area contributed by atoms with Crippen molar-refractivity contribution in [1.82, 2.24) is 0 Å². The van der Waals surface area contributed by atoms with E-state index in [1.54, 1.807) is 6.07 Å². The Morgan fingerprint density at radius 3 is 2.31 bits per heavy atom. The number of carbonyl (C=O) groups excluding carboxylic acids is 1. The van der Waals surface area contributed by atoms with Crippen LogP contribution >= 0.6 is 15.9 Å². The van der Waals surface area contributed by atoms with Gasteiger partial charge in [0.05, 0.1) is 11.4 Å². The Morgan fingerprint density at radius 2 is 1.92 bits per heavy atom. The van der Waals surface area contributed by atoms with Crippen LogP contribution in [0.15, 0.2) is 30.3 Å². The molecule has 68 valence electrons. The van der Waals surface area contributed by atoms with Crippen LogP contribution in [0, 0.1) is 11.3 Å². The van der Waals surface area contributed by atoms with E-state index in [-0.39, 0.29) is 5.78 Å². The summed E-state index contributed by atoms with van der Waals surface area (Å²) in [6.07, 6.45) is 0. The van der Waals surface area contributed by atoms with Crippen molar-refractivity contribution >= 4 is 21.7 Å². The first kappa shape index (κ1) is 11.9. The van der Waals surface area contributed by atoms with Crippen molar-refractivity contribution in [2.75, 3.05) is 5.33 Å². The van der Waals surface area contributed by atoms with E-state index >= 15 is 0 Å². The molecule has 0 aromatic heterocycles. The molecule has 0 aliphatic rings. The third-order valence-electron chi connectivity index (χ3n) is 1.22. The number of hydrogen-bond acceptors (Lipinski definition) is 2. The Hall–Kier alpha value is -1.14. The summed E-state index contributed by atoms with van der Waals surface area (Å²) in [7, 11) is 0. The molecule has 1 aromatic rings. The Bertz CT molecular complexity index is 290. The van der Waals surface area contributed by atoms with Crippen LogP contribution in [0.4, 0.5) is 0 Å². The van der Waals surface area contributed by atoms with Crippen LogP contribution in [-0.2, 0) is 0 Å². The minimum absolute atomic E-state index is 0.126. The maximum Gasteiger partial charge on any atom is 0.173 e. The van der Waals surface area contributed by atoms with Crippen LogP contribution in [0.25, 0.3) is 0 Å². The van der Waals surface area contributed by atoms with Gasteiger partial charge in [-0.05, 0) is 0 Å². The van der Waals surface area contributed by atoms with Crippen molar-refractivity contribution in [2.45, 2.75) is 6.92 Å². The largest absolute Gasteiger partial charge is 0.293 e. The number of ketones is 1. The van der Waals surface area contributed by atoms with Gasteiger partial charge in [0.15, 0.2) is 5.78 Å². The molecule has 0 amide bonds. The summed E-state index contributed by atoms with van der Waals surface area (Å²) in [5.74, 6) is 0.126. The normalized spacial score (nSPS) is 7.77. The topological polar surface area (TPSA) is 40.9 Å². The molecule has 0 N–H and O–H groups in total. The van der Waals surface area contributed by atoms with Crippen LogP contribution in [0.2, 0.25) is 0 Å². The number of nitriles is 1. The van der Waals surface area contributed by atoms with Gasteiger partial charge in [-0.3, -0.25) is 4.79 Å². The zero-order valence-corrected chi connectivity index (χ0v) is 8.91. The van der Waals surface area contributed by atoms with Gasteiger partial charge in [-0.2, -0.15) is 5.26 Å². The highest BCUT2D eigenvalue weighted by Gasteiger charge is 1.99. The summed E-state index contributed by atoms with van der Waals surface area (Å²) in [6.45, 7) is 1.43. The predicted molar refractivity (Wildman–Crippen MR) is 55.9 cm³/mol. The maximum absolute atomic E-state index is 11.0. The third-order valence-corrected chi connectivity index (χ3v) is 1.73. The lowest BCUT2D eigenvalue weighted by Gasteiger charge is -1.92. The minimum Gasteiger partial charge on any atom is -0.293 e. The molecule has 0 aliphatic heterocycles. The fourth-order valence-electron chi connectivity index (χ4n) is 0.701. The summed E-state index contributed by atoms with van der Waals surface area (Å²) in [4.78, 5) is 11.0. The van der Waals surface area contributed by atoms with Crippen molar-refractivity contribution in [3.8, 4) is 6.07 Å². The number of carbonyl (C=O) groups is 1. The van der Waals surface area contributed by atoms with Crippen molar-refractivity contribution in [2.24, 2.45) is 0 Å². The third kappa shape index (κ3) is 5.15. The van der Waals surface area contributed by atoms with Crippen molar-refractivity contribution < 1.29 is 4.79 Å². The summed E-state index contributed by atoms with van der Waals surface area (Å²) in [5.41, 5.74) is 0.763. The van der Waals surface area contributed by atoms with E-state index in [0.717, 1.165) is 5.56 Å². The summed E-state index contributed by atoms with van der Waals surface area (Å²) in [6, 6.07) is 11.0. The Labute approximate surface area is 86.3 Å². The Balaban J connectivity index is 0.000000424. The highest BCUT2D eigenvalue weighted by molar-refractivity contribution is 9.09. The van der Waals surface area contributed by atoms with Gasteiger partial charge in [-0.25, -0.2) is 0 Å². The van der Waals surface area contributed by atoms with Crippen LogP contribution in [0.1, 0.15) is 17.3 Å². The number of alkyl halides is 1. The average molecular weight is 240 g/mol. The van der Waals surface area contributed by atoms with E-state index in [2.05, 4.69) is 15.9 Å². The molecule has 0 saturated heterocycles. The van der Waals surface area contributed by atoms with E-state index < -0.39 is 0 Å². The van der Waals surface area contributed by atoms with Gasteiger partial charge >= 0.3 is 0 Å². The molecule has 0 spiro atoms. The molecule has 0 aliphatic carbocycles. The second-order valence-corrected chi connectivity index (χ2v) is 2.71. The van der Waals surface area contributed by atoms with Gasteiger partial charge in [-0.15, -0.1) is 0 Å². The lowest BCUT2D eigenvalue weighted by molar-refractivity contribution is 0.102. The zero-order valence-electron chi connectivity index (χ0n) is 7.33. The monoisotopic (exact) mass is 239 g/mol. The molecule has 0 atom stereocenters. The van der Waals surface area contributed by atoms with Crippen molar-refractivity contribution in [3.05, 3.63) is 35.9 Å². The lowest BCUT2D eigenvalue weighted by atomic mass is 10.2.